The molecule has 0 radical (unpaired) electrons. The smallest absolute Gasteiger partial charge is 0.260 e. The number of carbonyl (C=O) groups is 2. The Kier molecular flexibility index (Phi) is 7.71. The summed E-state index contributed by atoms with van der Waals surface area (Å²) in [5.41, 5.74) is 2.32. The van der Waals surface area contributed by atoms with Crippen LogP contribution in [0.5, 0.6) is 0 Å². The number of hydrogen-bond donors (Lipinski definition) is 1. The molecule has 13 nitrogen and oxygen atoms in total. The lowest BCUT2D eigenvalue weighted by Crippen LogP contribution is -2.49. The zero-order chi connectivity index (χ0) is 30.2. The van der Waals surface area contributed by atoms with Crippen LogP contribution in [0.1, 0.15) is 37.7 Å². The largest absolute Gasteiger partial charge is 0.338 e. The van der Waals surface area contributed by atoms with Crippen molar-refractivity contribution in [2.75, 3.05) is 53.5 Å². The summed E-state index contributed by atoms with van der Waals surface area (Å²) in [6, 6.07) is 12.3. The van der Waals surface area contributed by atoms with Crippen LogP contribution in [0, 0.1) is 18.3 Å². The molecule has 2 aromatic carbocycles. The molecule has 0 bridgehead atoms. The molecule has 3 aromatic rings. The van der Waals surface area contributed by atoms with E-state index in [0.717, 1.165) is 6.26 Å². The van der Waals surface area contributed by atoms with Crippen molar-refractivity contribution in [3.63, 3.8) is 0 Å². The van der Waals surface area contributed by atoms with Crippen LogP contribution in [0.4, 0.5) is 17.3 Å². The Hall–Kier alpha value is -4.39. The molecule has 1 fully saturated rings. The average Bonchev–Trinajstić information content (AvgIpc) is 3.39. The molecular formula is C27H27N7O6S2. The highest BCUT2D eigenvalue weighted by Crippen LogP contribution is 2.34. The van der Waals surface area contributed by atoms with E-state index in [1.807, 2.05) is 11.0 Å². The van der Waals surface area contributed by atoms with Crippen LogP contribution < -0.4 is 14.5 Å². The molecule has 1 N–H and O–H groups in total. The number of carbonyl (C=O) groups excluding carboxylic acids is 2. The molecule has 0 atom stereocenters. The fourth-order valence-electron chi connectivity index (χ4n) is 5.02. The minimum Gasteiger partial charge on any atom is -0.338 e. The van der Waals surface area contributed by atoms with Gasteiger partial charge >= 0.3 is 0 Å². The van der Waals surface area contributed by atoms with Crippen molar-refractivity contribution in [1.82, 2.24) is 14.3 Å². The number of nitriles is 1. The van der Waals surface area contributed by atoms with Crippen LogP contribution in [0.3, 0.4) is 0 Å². The first-order chi connectivity index (χ1) is 19.9. The predicted octanol–water partition coefficient (Wildman–Crippen LogP) is 1.55. The highest BCUT2D eigenvalue weighted by Gasteiger charge is 2.33. The number of anilines is 3. The van der Waals surface area contributed by atoms with Gasteiger partial charge in [0.05, 0.1) is 22.4 Å². The summed E-state index contributed by atoms with van der Waals surface area (Å²) in [4.78, 5) is 36.9. The summed E-state index contributed by atoms with van der Waals surface area (Å²) >= 11 is 0. The number of aldehydes is 1. The van der Waals surface area contributed by atoms with Crippen LogP contribution in [0.15, 0.2) is 47.4 Å². The number of fused-ring (bicyclic) bond motifs is 1. The molecule has 42 heavy (non-hydrogen) atoms. The Labute approximate surface area is 243 Å². The van der Waals surface area contributed by atoms with Gasteiger partial charge in [-0.25, -0.2) is 26.8 Å². The molecule has 0 aliphatic carbocycles. The van der Waals surface area contributed by atoms with E-state index in [2.05, 4.69) is 14.7 Å². The predicted molar refractivity (Wildman–Crippen MR) is 155 cm³/mol. The second-order valence-corrected chi connectivity index (χ2v) is 13.7. The van der Waals surface area contributed by atoms with Gasteiger partial charge in [-0.3, -0.25) is 14.3 Å². The molecular weight excluding hydrogens is 582 g/mol. The van der Waals surface area contributed by atoms with Gasteiger partial charge in [-0.15, -0.1) is 0 Å². The number of amides is 1. The Bertz CT molecular complexity index is 1850. The Balaban J connectivity index is 1.35. The number of benzene rings is 2. The maximum atomic E-state index is 13.5. The van der Waals surface area contributed by atoms with Gasteiger partial charge in [0.1, 0.15) is 18.0 Å². The highest BCUT2D eigenvalue weighted by atomic mass is 32.2. The van der Waals surface area contributed by atoms with Crippen LogP contribution in [-0.2, 0) is 26.5 Å². The summed E-state index contributed by atoms with van der Waals surface area (Å²) in [6.45, 7) is 3.12. The van der Waals surface area contributed by atoms with Gasteiger partial charge < -0.3 is 9.80 Å². The topological polar surface area (TPSA) is 174 Å². The van der Waals surface area contributed by atoms with Crippen LogP contribution in [-0.4, -0.2) is 82.3 Å². The summed E-state index contributed by atoms with van der Waals surface area (Å²) < 4.78 is 54.5. The van der Waals surface area contributed by atoms with Crippen molar-refractivity contribution in [2.24, 2.45) is 0 Å². The monoisotopic (exact) mass is 609 g/mol. The second-order valence-electron chi connectivity index (χ2n) is 9.99. The van der Waals surface area contributed by atoms with E-state index in [-0.39, 0.29) is 47.0 Å². The molecule has 218 valence electrons. The number of piperazine rings is 1. The Morgan fingerprint density at radius 3 is 2.40 bits per heavy atom. The van der Waals surface area contributed by atoms with Gasteiger partial charge in [-0.1, -0.05) is 0 Å². The lowest BCUT2D eigenvalue weighted by molar-refractivity contribution is 0.0990. The van der Waals surface area contributed by atoms with Crippen molar-refractivity contribution in [3.05, 3.63) is 70.5 Å². The van der Waals surface area contributed by atoms with E-state index < -0.39 is 26.0 Å². The molecule has 1 saturated heterocycles. The summed E-state index contributed by atoms with van der Waals surface area (Å²) in [5.74, 6) is -0.132. The third-order valence-electron chi connectivity index (χ3n) is 7.01. The fraction of sp³-hybridized carbons (Fsp3) is 0.296. The van der Waals surface area contributed by atoms with Crippen LogP contribution in [0.2, 0.25) is 0 Å². The van der Waals surface area contributed by atoms with Gasteiger partial charge in [-0.2, -0.15) is 9.57 Å². The van der Waals surface area contributed by atoms with Crippen LogP contribution in [0.25, 0.3) is 0 Å². The highest BCUT2D eigenvalue weighted by molar-refractivity contribution is 7.92. The quantitative estimate of drug-likeness (QED) is 0.387. The van der Waals surface area contributed by atoms with Gasteiger partial charge in [0.15, 0.2) is 0 Å². The molecule has 2 aliphatic rings. The Morgan fingerprint density at radius 1 is 1.00 bits per heavy atom. The van der Waals surface area contributed by atoms with Gasteiger partial charge in [0.25, 0.3) is 5.91 Å². The summed E-state index contributed by atoms with van der Waals surface area (Å²) in [7, 11) is -7.54. The third-order valence-corrected chi connectivity index (χ3v) is 9.50. The zero-order valence-electron chi connectivity index (χ0n) is 22.8. The first-order valence-electron chi connectivity index (χ1n) is 12.9. The van der Waals surface area contributed by atoms with Crippen molar-refractivity contribution < 1.29 is 26.4 Å². The lowest BCUT2D eigenvalue weighted by atomic mass is 10.1. The standard InChI is InChI=1S/C27H27N7O6S2/c1-18-13-21(16-28)30-27(29-18)32-9-11-33(12-10-32)42(39,40)22-4-6-25-20(15-22)7-8-34(25)26(36)23-14-19(17-35)3-5-24(23)31-41(2,37)38/h3-6,13-15,17,31H,7-12H2,1-2H3. The summed E-state index contributed by atoms with van der Waals surface area (Å²) in [5, 5.41) is 9.20. The van der Waals surface area contributed by atoms with Gasteiger partial charge in [0, 0.05) is 49.7 Å². The molecule has 2 aliphatic heterocycles. The van der Waals surface area contributed by atoms with Crippen molar-refractivity contribution in [2.45, 2.75) is 18.2 Å². The molecule has 0 unspecified atom stereocenters. The van der Waals surface area contributed by atoms with E-state index in [4.69, 9.17) is 0 Å². The van der Waals surface area contributed by atoms with E-state index >= 15 is 0 Å². The third kappa shape index (κ3) is 5.82. The van der Waals surface area contributed by atoms with Crippen molar-refractivity contribution >= 4 is 49.6 Å². The number of hydrogen-bond acceptors (Lipinski definition) is 10. The molecule has 0 saturated carbocycles. The normalized spacial score (nSPS) is 15.6. The Morgan fingerprint density at radius 2 is 1.74 bits per heavy atom. The van der Waals surface area contributed by atoms with Gasteiger partial charge in [0.2, 0.25) is 26.0 Å². The number of nitrogens with one attached hydrogen (secondary N) is 1. The lowest BCUT2D eigenvalue weighted by Gasteiger charge is -2.34. The molecule has 0 spiro atoms. The zero-order valence-corrected chi connectivity index (χ0v) is 24.4. The van der Waals surface area contributed by atoms with E-state index in [0.29, 0.717) is 48.7 Å². The molecule has 5 rings (SSSR count). The first kappa shape index (κ1) is 29.1. The molecule has 1 amide bonds. The SMILES string of the molecule is Cc1cc(C#N)nc(N2CCN(S(=O)(=O)c3ccc4c(c3)CCN4C(=O)c3cc(C=O)ccc3NS(C)(=O)=O)CC2)n1. The number of aromatic nitrogens is 2. The summed E-state index contributed by atoms with van der Waals surface area (Å²) in [6.07, 6.45) is 1.92. The number of sulfonamides is 2. The minimum absolute atomic E-state index is 0.00641. The maximum absolute atomic E-state index is 13.5. The van der Waals surface area contributed by atoms with Crippen LogP contribution >= 0.6 is 0 Å². The fourth-order valence-corrected chi connectivity index (χ4v) is 7.08. The number of rotatable bonds is 7. The molecule has 3 heterocycles. The van der Waals surface area contributed by atoms with E-state index in [1.54, 1.807) is 25.1 Å². The van der Waals surface area contributed by atoms with Crippen molar-refractivity contribution in [1.29, 1.82) is 5.26 Å². The minimum atomic E-state index is -3.84. The molecule has 15 heteroatoms. The number of aryl methyl sites for hydroxylation is 1. The maximum Gasteiger partial charge on any atom is 0.260 e. The second kappa shape index (κ2) is 11.1. The van der Waals surface area contributed by atoms with Gasteiger partial charge in [-0.05, 0) is 61.4 Å². The number of nitrogens with zero attached hydrogens (tertiary/aromatic N) is 6. The average molecular weight is 610 g/mol. The molecule has 1 aromatic heterocycles. The van der Waals surface area contributed by atoms with E-state index in [9.17, 15) is 31.7 Å². The van der Waals surface area contributed by atoms with Crippen molar-refractivity contribution in [3.8, 4) is 6.07 Å². The van der Waals surface area contributed by atoms with E-state index in [1.165, 1.54) is 33.5 Å². The first-order valence-corrected chi connectivity index (χ1v) is 16.3.